The molecule has 0 aliphatic carbocycles. The van der Waals surface area contributed by atoms with Gasteiger partial charge in [0.05, 0.1) is 5.02 Å². The summed E-state index contributed by atoms with van der Waals surface area (Å²) in [6.45, 7) is 0.486. The topological polar surface area (TPSA) is 38.0 Å². The van der Waals surface area contributed by atoms with Gasteiger partial charge in [-0.3, -0.25) is 0 Å². The zero-order valence-corrected chi connectivity index (χ0v) is 9.84. The van der Waals surface area contributed by atoms with Gasteiger partial charge in [-0.15, -0.1) is 0 Å². The van der Waals surface area contributed by atoms with Crippen molar-refractivity contribution < 1.29 is 4.39 Å². The first kappa shape index (κ1) is 11.9. The number of hydrogen-bond acceptors (Lipinski definition) is 2. The summed E-state index contributed by atoms with van der Waals surface area (Å²) in [7, 11) is 0. The average molecular weight is 251 g/mol. The molecule has 0 unspecified atom stereocenters. The summed E-state index contributed by atoms with van der Waals surface area (Å²) in [6.07, 6.45) is 0. The molecule has 0 radical (unpaired) electrons. The Morgan fingerprint density at radius 3 is 2.59 bits per heavy atom. The first-order valence-electron chi connectivity index (χ1n) is 5.20. The van der Waals surface area contributed by atoms with Gasteiger partial charge in [-0.1, -0.05) is 23.7 Å². The monoisotopic (exact) mass is 250 g/mol. The fourth-order valence-corrected chi connectivity index (χ4v) is 1.70. The molecule has 0 fully saturated rings. The number of halogens is 2. The molecule has 0 saturated heterocycles. The summed E-state index contributed by atoms with van der Waals surface area (Å²) < 4.78 is 13.0. The minimum Gasteiger partial charge on any atom is -0.355 e. The lowest BCUT2D eigenvalue weighted by Crippen LogP contribution is -1.97. The maximum atomic E-state index is 13.0. The number of hydrogen-bond donors (Lipinski definition) is 2. The van der Waals surface area contributed by atoms with Gasteiger partial charge in [0.15, 0.2) is 0 Å². The SMILES string of the molecule is NCc1cccc(Nc2ccc(F)c(Cl)c2)c1. The predicted molar refractivity (Wildman–Crippen MR) is 69.0 cm³/mol. The average Bonchev–Trinajstić information content (AvgIpc) is 2.34. The lowest BCUT2D eigenvalue weighted by Gasteiger charge is -2.08. The van der Waals surface area contributed by atoms with E-state index < -0.39 is 5.82 Å². The van der Waals surface area contributed by atoms with E-state index in [2.05, 4.69) is 5.32 Å². The standard InChI is InChI=1S/C13H12ClFN2/c14-12-7-11(4-5-13(12)15)17-10-3-1-2-9(6-10)8-16/h1-7,17H,8,16H2. The Hall–Kier alpha value is -1.58. The Morgan fingerprint density at radius 1 is 1.12 bits per heavy atom. The van der Waals surface area contributed by atoms with Crippen LogP contribution in [0, 0.1) is 5.82 Å². The Labute approximate surface area is 104 Å². The van der Waals surface area contributed by atoms with E-state index in [0.29, 0.717) is 6.54 Å². The molecule has 17 heavy (non-hydrogen) atoms. The molecule has 0 saturated carbocycles. The maximum absolute atomic E-state index is 13.0. The van der Waals surface area contributed by atoms with Gasteiger partial charge in [-0.25, -0.2) is 4.39 Å². The van der Waals surface area contributed by atoms with E-state index in [1.54, 1.807) is 12.1 Å². The van der Waals surface area contributed by atoms with Crippen molar-refractivity contribution in [3.05, 3.63) is 58.9 Å². The highest BCUT2D eigenvalue weighted by atomic mass is 35.5. The summed E-state index contributed by atoms with van der Waals surface area (Å²) in [5.74, 6) is -0.423. The van der Waals surface area contributed by atoms with E-state index in [9.17, 15) is 4.39 Å². The van der Waals surface area contributed by atoms with Crippen LogP contribution in [-0.4, -0.2) is 0 Å². The summed E-state index contributed by atoms with van der Waals surface area (Å²) >= 11 is 5.70. The van der Waals surface area contributed by atoms with Crippen LogP contribution in [-0.2, 0) is 6.54 Å². The van der Waals surface area contributed by atoms with Gasteiger partial charge in [0.2, 0.25) is 0 Å². The molecule has 0 heterocycles. The van der Waals surface area contributed by atoms with Gasteiger partial charge in [0, 0.05) is 17.9 Å². The Bertz CT molecular complexity index is 529. The van der Waals surface area contributed by atoms with E-state index in [1.165, 1.54) is 6.07 Å². The lowest BCUT2D eigenvalue weighted by molar-refractivity contribution is 0.628. The van der Waals surface area contributed by atoms with E-state index in [4.69, 9.17) is 17.3 Å². The van der Waals surface area contributed by atoms with E-state index in [1.807, 2.05) is 24.3 Å². The van der Waals surface area contributed by atoms with Crippen molar-refractivity contribution in [2.45, 2.75) is 6.54 Å². The molecule has 0 bridgehead atoms. The zero-order chi connectivity index (χ0) is 12.3. The Morgan fingerprint density at radius 2 is 1.88 bits per heavy atom. The Balaban J connectivity index is 2.22. The minimum absolute atomic E-state index is 0.102. The molecule has 0 aromatic heterocycles. The zero-order valence-electron chi connectivity index (χ0n) is 9.08. The highest BCUT2D eigenvalue weighted by molar-refractivity contribution is 6.31. The maximum Gasteiger partial charge on any atom is 0.141 e. The minimum atomic E-state index is -0.423. The van der Waals surface area contributed by atoms with E-state index in [-0.39, 0.29) is 5.02 Å². The number of nitrogens with one attached hydrogen (secondary N) is 1. The van der Waals surface area contributed by atoms with E-state index in [0.717, 1.165) is 16.9 Å². The van der Waals surface area contributed by atoms with Crippen LogP contribution in [0.4, 0.5) is 15.8 Å². The fraction of sp³-hybridized carbons (Fsp3) is 0.0769. The third kappa shape index (κ3) is 2.96. The van der Waals surface area contributed by atoms with Gasteiger partial charge in [-0.05, 0) is 35.9 Å². The fourth-order valence-electron chi connectivity index (χ4n) is 1.52. The van der Waals surface area contributed by atoms with Crippen molar-refractivity contribution in [2.75, 3.05) is 5.32 Å². The molecule has 2 aromatic carbocycles. The molecule has 3 N–H and O–H groups in total. The molecule has 0 amide bonds. The van der Waals surface area contributed by atoms with Crippen LogP contribution in [0.1, 0.15) is 5.56 Å². The molecule has 0 aliphatic heterocycles. The van der Waals surface area contributed by atoms with Gasteiger partial charge >= 0.3 is 0 Å². The molecule has 0 atom stereocenters. The molecule has 88 valence electrons. The molecule has 2 nitrogen and oxygen atoms in total. The molecule has 2 aromatic rings. The van der Waals surface area contributed by atoms with Crippen LogP contribution in [0.2, 0.25) is 5.02 Å². The Kier molecular flexibility index (Phi) is 3.61. The summed E-state index contributed by atoms with van der Waals surface area (Å²) in [5, 5.41) is 3.24. The number of rotatable bonds is 3. The molecular weight excluding hydrogens is 239 g/mol. The van der Waals surface area contributed by atoms with Gasteiger partial charge < -0.3 is 11.1 Å². The molecule has 4 heteroatoms. The second-order valence-corrected chi connectivity index (χ2v) is 4.07. The third-order valence-electron chi connectivity index (χ3n) is 2.37. The van der Waals surface area contributed by atoms with Crippen LogP contribution in [0.5, 0.6) is 0 Å². The van der Waals surface area contributed by atoms with Crippen molar-refractivity contribution in [3.8, 4) is 0 Å². The van der Waals surface area contributed by atoms with Crippen molar-refractivity contribution in [3.63, 3.8) is 0 Å². The molecular formula is C13H12ClFN2. The van der Waals surface area contributed by atoms with Gasteiger partial charge in [-0.2, -0.15) is 0 Å². The number of anilines is 2. The van der Waals surface area contributed by atoms with Crippen molar-refractivity contribution in [1.29, 1.82) is 0 Å². The largest absolute Gasteiger partial charge is 0.355 e. The second kappa shape index (κ2) is 5.17. The molecule has 0 spiro atoms. The predicted octanol–water partition coefficient (Wildman–Crippen LogP) is 3.68. The molecule has 2 rings (SSSR count). The van der Waals surface area contributed by atoms with Crippen molar-refractivity contribution in [1.82, 2.24) is 0 Å². The third-order valence-corrected chi connectivity index (χ3v) is 2.66. The first-order valence-corrected chi connectivity index (χ1v) is 5.58. The number of benzene rings is 2. The van der Waals surface area contributed by atoms with Crippen molar-refractivity contribution in [2.24, 2.45) is 5.73 Å². The summed E-state index contributed by atoms with van der Waals surface area (Å²) in [5.41, 5.74) is 8.23. The summed E-state index contributed by atoms with van der Waals surface area (Å²) in [6, 6.07) is 12.2. The van der Waals surface area contributed by atoms with Crippen LogP contribution in [0.3, 0.4) is 0 Å². The van der Waals surface area contributed by atoms with Gasteiger partial charge in [0.25, 0.3) is 0 Å². The normalized spacial score (nSPS) is 10.3. The van der Waals surface area contributed by atoms with Gasteiger partial charge in [0.1, 0.15) is 5.82 Å². The van der Waals surface area contributed by atoms with Crippen LogP contribution < -0.4 is 11.1 Å². The van der Waals surface area contributed by atoms with Crippen molar-refractivity contribution >= 4 is 23.0 Å². The first-order chi connectivity index (χ1) is 8.19. The van der Waals surface area contributed by atoms with E-state index >= 15 is 0 Å². The van der Waals surface area contributed by atoms with Crippen LogP contribution in [0.15, 0.2) is 42.5 Å². The van der Waals surface area contributed by atoms with Crippen LogP contribution in [0.25, 0.3) is 0 Å². The summed E-state index contributed by atoms with van der Waals surface area (Å²) in [4.78, 5) is 0. The second-order valence-electron chi connectivity index (χ2n) is 3.66. The lowest BCUT2D eigenvalue weighted by atomic mass is 10.2. The van der Waals surface area contributed by atoms with Crippen LogP contribution >= 0.6 is 11.6 Å². The quantitative estimate of drug-likeness (QED) is 0.872. The highest BCUT2D eigenvalue weighted by Gasteiger charge is 2.01. The highest BCUT2D eigenvalue weighted by Crippen LogP contribution is 2.23. The smallest absolute Gasteiger partial charge is 0.141 e. The number of nitrogens with two attached hydrogens (primary N) is 1. The molecule has 0 aliphatic rings.